The normalized spacial score (nSPS) is 24.3. The first-order valence-corrected chi connectivity index (χ1v) is 13.1. The van der Waals surface area contributed by atoms with Crippen LogP contribution in [0.2, 0.25) is 5.02 Å². The molecule has 6 nitrogen and oxygen atoms in total. The average molecular weight is 535 g/mol. The number of Topliss-reactive ketones (excluding diaryl/α,β-unsaturated/α-hetero) is 2. The van der Waals surface area contributed by atoms with Gasteiger partial charge in [0, 0.05) is 22.0 Å². The summed E-state index contributed by atoms with van der Waals surface area (Å²) in [4.78, 5) is 45.1. The number of hydrogen-bond donors (Lipinski definition) is 1. The fraction of sp³-hybridized carbons (Fsp3) is 0.156. The molecule has 1 fully saturated rings. The number of carbonyl (C=O) groups is 3. The number of rotatable bonds is 4. The van der Waals surface area contributed by atoms with Crippen molar-refractivity contribution in [2.75, 3.05) is 10.2 Å². The van der Waals surface area contributed by atoms with Gasteiger partial charge in [0.25, 0.3) is 0 Å². The maximum absolute atomic E-state index is 14.5. The van der Waals surface area contributed by atoms with Gasteiger partial charge in [0.1, 0.15) is 11.5 Å². The van der Waals surface area contributed by atoms with Gasteiger partial charge in [0.15, 0.2) is 11.5 Å². The first kappa shape index (κ1) is 23.7. The zero-order valence-electron chi connectivity index (χ0n) is 20.9. The molecule has 4 atom stereocenters. The fourth-order valence-corrected chi connectivity index (χ4v) is 6.78. The molecular formula is C32H23ClN2O4. The third-order valence-corrected chi connectivity index (χ3v) is 8.48. The first-order chi connectivity index (χ1) is 18.9. The highest BCUT2D eigenvalue weighted by Gasteiger charge is 2.70. The summed E-state index contributed by atoms with van der Waals surface area (Å²) in [6.07, 6.45) is 5.38. The Balaban J connectivity index is 1.54. The van der Waals surface area contributed by atoms with E-state index in [-0.39, 0.29) is 17.5 Å². The predicted molar refractivity (Wildman–Crippen MR) is 149 cm³/mol. The molecule has 0 aliphatic carbocycles. The molecule has 3 aliphatic heterocycles. The van der Waals surface area contributed by atoms with Crippen LogP contribution in [0.3, 0.4) is 0 Å². The molecule has 1 N–H and O–H groups in total. The van der Waals surface area contributed by atoms with E-state index in [1.165, 1.54) is 6.26 Å². The van der Waals surface area contributed by atoms with Crippen LogP contribution in [0.15, 0.2) is 95.6 Å². The molecular weight excluding hydrogens is 512 g/mol. The SMILES string of the molecule is Cc1ccc2c(c1)C=C[C@@H]1N2[C@H](C(=O)c2ccc(Cl)cc2)[C@@H](C(=O)c2ccco2)[C@]12C(=O)Nc1ccccc12. The van der Waals surface area contributed by atoms with Crippen molar-refractivity contribution in [2.24, 2.45) is 5.92 Å². The van der Waals surface area contributed by atoms with E-state index in [0.29, 0.717) is 21.8 Å². The third kappa shape index (κ3) is 3.25. The summed E-state index contributed by atoms with van der Waals surface area (Å²) in [5.41, 5.74) is 3.17. The van der Waals surface area contributed by atoms with E-state index in [2.05, 4.69) is 5.32 Å². The van der Waals surface area contributed by atoms with Gasteiger partial charge in [-0.25, -0.2) is 0 Å². The minimum atomic E-state index is -1.37. The van der Waals surface area contributed by atoms with Crippen molar-refractivity contribution in [1.82, 2.24) is 0 Å². The van der Waals surface area contributed by atoms with Gasteiger partial charge in [-0.3, -0.25) is 14.4 Å². The number of nitrogens with zero attached hydrogens (tertiary/aromatic N) is 1. The molecule has 192 valence electrons. The fourth-order valence-electron chi connectivity index (χ4n) is 6.66. The lowest BCUT2D eigenvalue weighted by molar-refractivity contribution is -0.121. The number of halogens is 1. The van der Waals surface area contributed by atoms with Crippen LogP contribution in [0.5, 0.6) is 0 Å². The monoisotopic (exact) mass is 534 g/mol. The van der Waals surface area contributed by atoms with E-state index >= 15 is 0 Å². The number of nitrogens with one attached hydrogen (secondary N) is 1. The van der Waals surface area contributed by atoms with Crippen LogP contribution >= 0.6 is 11.6 Å². The van der Waals surface area contributed by atoms with E-state index in [1.807, 2.05) is 66.4 Å². The van der Waals surface area contributed by atoms with E-state index < -0.39 is 29.2 Å². The second kappa shape index (κ2) is 8.55. The Morgan fingerprint density at radius 3 is 2.54 bits per heavy atom. The van der Waals surface area contributed by atoms with Crippen LogP contribution in [0, 0.1) is 12.8 Å². The molecule has 7 rings (SSSR count). The largest absolute Gasteiger partial charge is 0.461 e. The van der Waals surface area contributed by atoms with Gasteiger partial charge in [0.05, 0.1) is 18.2 Å². The van der Waals surface area contributed by atoms with Crippen molar-refractivity contribution in [2.45, 2.75) is 24.4 Å². The minimum Gasteiger partial charge on any atom is -0.461 e. The smallest absolute Gasteiger partial charge is 0.238 e. The van der Waals surface area contributed by atoms with Gasteiger partial charge in [-0.15, -0.1) is 0 Å². The molecule has 3 aromatic carbocycles. The molecule has 1 aromatic heterocycles. The molecule has 0 saturated carbocycles. The van der Waals surface area contributed by atoms with E-state index in [0.717, 1.165) is 16.8 Å². The van der Waals surface area contributed by atoms with Gasteiger partial charge in [0.2, 0.25) is 11.7 Å². The van der Waals surface area contributed by atoms with E-state index in [9.17, 15) is 14.4 Å². The number of furan rings is 1. The second-order valence-electron chi connectivity index (χ2n) is 10.3. The van der Waals surface area contributed by atoms with Gasteiger partial charge < -0.3 is 14.6 Å². The summed E-state index contributed by atoms with van der Waals surface area (Å²) >= 11 is 6.14. The van der Waals surface area contributed by atoms with Gasteiger partial charge in [-0.2, -0.15) is 0 Å². The Kier molecular flexibility index (Phi) is 5.19. The molecule has 4 heterocycles. The molecule has 3 aliphatic rings. The lowest BCUT2D eigenvalue weighted by Crippen LogP contribution is -2.51. The number of amides is 1. The highest BCUT2D eigenvalue weighted by Crippen LogP contribution is 2.58. The minimum absolute atomic E-state index is 0.110. The van der Waals surface area contributed by atoms with Crippen LogP contribution in [0.25, 0.3) is 6.08 Å². The zero-order valence-corrected chi connectivity index (χ0v) is 21.7. The molecule has 0 bridgehead atoms. The highest BCUT2D eigenvalue weighted by molar-refractivity contribution is 6.30. The Labute approximate surface area is 229 Å². The number of ketones is 2. The zero-order chi connectivity index (χ0) is 26.9. The molecule has 1 saturated heterocycles. The molecule has 0 radical (unpaired) electrons. The number of para-hydroxylation sites is 1. The van der Waals surface area contributed by atoms with Crippen molar-refractivity contribution in [3.63, 3.8) is 0 Å². The molecule has 1 amide bonds. The number of benzene rings is 3. The van der Waals surface area contributed by atoms with E-state index in [4.69, 9.17) is 16.0 Å². The third-order valence-electron chi connectivity index (χ3n) is 8.23. The summed E-state index contributed by atoms with van der Waals surface area (Å²) in [5, 5.41) is 3.52. The van der Waals surface area contributed by atoms with Crippen molar-refractivity contribution in [1.29, 1.82) is 0 Å². The quantitative estimate of drug-likeness (QED) is 0.320. The van der Waals surface area contributed by atoms with Crippen molar-refractivity contribution in [3.8, 4) is 0 Å². The number of anilines is 2. The van der Waals surface area contributed by atoms with Crippen LogP contribution in [0.4, 0.5) is 11.4 Å². The number of aryl methyl sites for hydroxylation is 1. The van der Waals surface area contributed by atoms with Gasteiger partial charge in [-0.05, 0) is 72.6 Å². The summed E-state index contributed by atoms with van der Waals surface area (Å²) in [5.74, 6) is -1.93. The highest BCUT2D eigenvalue weighted by atomic mass is 35.5. The van der Waals surface area contributed by atoms with Crippen molar-refractivity contribution in [3.05, 3.63) is 124 Å². The van der Waals surface area contributed by atoms with Crippen LogP contribution in [0.1, 0.15) is 37.6 Å². The number of carbonyl (C=O) groups excluding carboxylic acids is 3. The predicted octanol–water partition coefficient (Wildman–Crippen LogP) is 6.10. The van der Waals surface area contributed by atoms with Crippen molar-refractivity contribution >= 4 is 46.5 Å². The molecule has 4 aromatic rings. The summed E-state index contributed by atoms with van der Waals surface area (Å²) in [6.45, 7) is 2.01. The molecule has 39 heavy (non-hydrogen) atoms. The number of fused-ring (bicyclic) bond motifs is 6. The molecule has 7 heteroatoms. The second-order valence-corrected chi connectivity index (χ2v) is 10.7. The van der Waals surface area contributed by atoms with Crippen molar-refractivity contribution < 1.29 is 18.8 Å². The summed E-state index contributed by atoms with van der Waals surface area (Å²) in [7, 11) is 0. The maximum atomic E-state index is 14.5. The van der Waals surface area contributed by atoms with Crippen LogP contribution in [-0.4, -0.2) is 29.6 Å². The summed E-state index contributed by atoms with van der Waals surface area (Å²) in [6, 6.07) is 21.7. The van der Waals surface area contributed by atoms with Gasteiger partial charge >= 0.3 is 0 Å². The Morgan fingerprint density at radius 1 is 0.974 bits per heavy atom. The van der Waals surface area contributed by atoms with Gasteiger partial charge in [-0.1, -0.05) is 53.6 Å². The van der Waals surface area contributed by atoms with E-state index in [1.54, 1.807) is 36.4 Å². The molecule has 1 spiro atoms. The topological polar surface area (TPSA) is 79.6 Å². The van der Waals surface area contributed by atoms with Crippen LogP contribution < -0.4 is 10.2 Å². The van der Waals surface area contributed by atoms with Crippen LogP contribution in [-0.2, 0) is 10.2 Å². The Bertz CT molecular complexity index is 1690. The summed E-state index contributed by atoms with van der Waals surface area (Å²) < 4.78 is 5.58. The molecule has 0 unspecified atom stereocenters. The lowest BCUT2D eigenvalue weighted by atomic mass is 9.64. The first-order valence-electron chi connectivity index (χ1n) is 12.8. The Hall–Kier alpha value is -4.42. The number of hydrogen-bond acceptors (Lipinski definition) is 5. The standard InChI is InChI=1S/C32H23ClN2O4/c1-18-8-14-24-20(17-18)11-15-26-32(22-5-2-3-6-23(22)34-31(32)38)27(30(37)25-7-4-16-39-25)28(35(24)26)29(36)19-9-12-21(33)13-10-19/h2-17,26-28H,1H3,(H,34,38)/t26-,27-,28-,32+/m0/s1. The Morgan fingerprint density at radius 2 is 1.77 bits per heavy atom. The lowest BCUT2D eigenvalue weighted by Gasteiger charge is -2.37. The maximum Gasteiger partial charge on any atom is 0.238 e. The average Bonchev–Trinajstić information content (AvgIpc) is 3.65.